The number of pyridine rings is 1. The van der Waals surface area contributed by atoms with Gasteiger partial charge >= 0.3 is 0 Å². The lowest BCUT2D eigenvalue weighted by Gasteiger charge is -2.37. The maximum Gasteiger partial charge on any atom is 0.236 e. The molecule has 0 spiro atoms. The van der Waals surface area contributed by atoms with Crippen LogP contribution in [0.4, 0.5) is 5.69 Å². The van der Waals surface area contributed by atoms with Gasteiger partial charge in [-0.05, 0) is 43.7 Å². The van der Waals surface area contributed by atoms with Crippen LogP contribution in [0.25, 0.3) is 5.65 Å². The van der Waals surface area contributed by atoms with Gasteiger partial charge in [0.05, 0.1) is 17.9 Å². The average molecular weight is 382 g/mol. The zero-order valence-corrected chi connectivity index (χ0v) is 16.9. The van der Waals surface area contributed by atoms with Crippen molar-refractivity contribution in [1.82, 2.24) is 19.2 Å². The maximum atomic E-state index is 12.6. The summed E-state index contributed by atoms with van der Waals surface area (Å²) in [6.07, 6.45) is 9.29. The summed E-state index contributed by atoms with van der Waals surface area (Å²) in [6.45, 7) is 8.58. The third-order valence-corrected chi connectivity index (χ3v) is 6.68. The van der Waals surface area contributed by atoms with Crippen LogP contribution in [0.2, 0.25) is 0 Å². The van der Waals surface area contributed by atoms with E-state index in [2.05, 4.69) is 50.6 Å². The van der Waals surface area contributed by atoms with Crippen molar-refractivity contribution >= 4 is 17.2 Å². The van der Waals surface area contributed by atoms with Gasteiger partial charge in [-0.3, -0.25) is 9.69 Å². The summed E-state index contributed by atoms with van der Waals surface area (Å²) in [6, 6.07) is 4.32. The van der Waals surface area contributed by atoms with E-state index in [1.807, 2.05) is 0 Å². The summed E-state index contributed by atoms with van der Waals surface area (Å²) in [5.41, 5.74) is 3.54. The first-order valence-corrected chi connectivity index (χ1v) is 10.9. The van der Waals surface area contributed by atoms with E-state index in [9.17, 15) is 4.79 Å². The van der Waals surface area contributed by atoms with Crippen LogP contribution in [-0.4, -0.2) is 70.9 Å². The number of fused-ring (bicyclic) bond motifs is 1. The number of piperazine rings is 1. The van der Waals surface area contributed by atoms with E-state index in [4.69, 9.17) is 4.98 Å². The molecule has 3 aliphatic rings. The SMILES string of the molecule is CC1CCN(C(=O)CN2CCN(c3ccc4nc(C5CC5)cn4c3)CC2)CC1. The lowest BCUT2D eigenvalue weighted by Crippen LogP contribution is -2.51. The first-order valence-electron chi connectivity index (χ1n) is 10.9. The number of rotatable bonds is 4. The molecule has 6 heteroatoms. The number of hydrogen-bond acceptors (Lipinski definition) is 4. The third kappa shape index (κ3) is 3.75. The number of carbonyl (C=O) groups excluding carboxylic acids is 1. The quantitative estimate of drug-likeness (QED) is 0.817. The highest BCUT2D eigenvalue weighted by molar-refractivity contribution is 5.78. The predicted octanol–water partition coefficient (Wildman–Crippen LogP) is 2.59. The smallest absolute Gasteiger partial charge is 0.236 e. The van der Waals surface area contributed by atoms with Crippen LogP contribution in [0.5, 0.6) is 0 Å². The Balaban J connectivity index is 1.16. The van der Waals surface area contributed by atoms with Crippen molar-refractivity contribution in [3.05, 3.63) is 30.2 Å². The minimum absolute atomic E-state index is 0.313. The summed E-state index contributed by atoms with van der Waals surface area (Å²) >= 11 is 0. The number of likely N-dealkylation sites (tertiary alicyclic amines) is 1. The molecule has 2 aromatic heterocycles. The normalized spacial score (nSPS) is 22.2. The third-order valence-electron chi connectivity index (χ3n) is 6.68. The molecule has 28 heavy (non-hydrogen) atoms. The minimum atomic E-state index is 0.313. The number of anilines is 1. The Labute approximate surface area is 167 Å². The molecule has 0 radical (unpaired) electrons. The monoisotopic (exact) mass is 381 g/mol. The highest BCUT2D eigenvalue weighted by atomic mass is 16.2. The Morgan fingerprint density at radius 1 is 1.00 bits per heavy atom. The van der Waals surface area contributed by atoms with Gasteiger partial charge in [0.25, 0.3) is 0 Å². The molecule has 1 amide bonds. The summed E-state index contributed by atoms with van der Waals surface area (Å²) in [4.78, 5) is 24.2. The molecule has 2 saturated heterocycles. The summed E-state index contributed by atoms with van der Waals surface area (Å²) < 4.78 is 2.18. The Hall–Kier alpha value is -2.08. The predicted molar refractivity (Wildman–Crippen MR) is 111 cm³/mol. The van der Waals surface area contributed by atoms with E-state index < -0.39 is 0 Å². The molecule has 0 N–H and O–H groups in total. The molecular weight excluding hydrogens is 350 g/mol. The molecule has 0 aromatic carbocycles. The molecule has 150 valence electrons. The van der Waals surface area contributed by atoms with Crippen molar-refractivity contribution < 1.29 is 4.79 Å². The molecule has 0 atom stereocenters. The van der Waals surface area contributed by atoms with Gasteiger partial charge < -0.3 is 14.2 Å². The van der Waals surface area contributed by atoms with Gasteiger partial charge in [-0.15, -0.1) is 0 Å². The summed E-state index contributed by atoms with van der Waals surface area (Å²) in [5, 5.41) is 0. The van der Waals surface area contributed by atoms with Crippen molar-refractivity contribution in [1.29, 1.82) is 0 Å². The fraction of sp³-hybridized carbons (Fsp3) is 0.636. The largest absolute Gasteiger partial charge is 0.368 e. The lowest BCUT2D eigenvalue weighted by molar-refractivity contribution is -0.133. The number of imidazole rings is 1. The highest BCUT2D eigenvalue weighted by Crippen LogP contribution is 2.39. The Bertz CT molecular complexity index is 842. The number of aromatic nitrogens is 2. The van der Waals surface area contributed by atoms with Crippen LogP contribution in [0.1, 0.15) is 44.2 Å². The van der Waals surface area contributed by atoms with Gasteiger partial charge in [0.1, 0.15) is 5.65 Å². The average Bonchev–Trinajstić information content (AvgIpc) is 3.48. The van der Waals surface area contributed by atoms with Crippen LogP contribution in [-0.2, 0) is 4.79 Å². The zero-order valence-electron chi connectivity index (χ0n) is 16.9. The van der Waals surface area contributed by atoms with Gasteiger partial charge in [-0.2, -0.15) is 0 Å². The number of piperidine rings is 1. The standard InChI is InChI=1S/C22H31N5O/c1-17-6-8-26(9-7-17)22(28)16-24-10-12-25(13-11-24)19-4-5-21-23-20(18-2-3-18)15-27(21)14-19/h4-5,14-15,17-18H,2-3,6-13,16H2,1H3. The zero-order chi connectivity index (χ0) is 19.1. The molecule has 6 nitrogen and oxygen atoms in total. The Morgan fingerprint density at radius 3 is 2.46 bits per heavy atom. The maximum absolute atomic E-state index is 12.6. The van der Waals surface area contributed by atoms with E-state index in [0.717, 1.165) is 63.7 Å². The highest BCUT2D eigenvalue weighted by Gasteiger charge is 2.27. The second kappa shape index (κ2) is 7.39. The molecule has 1 saturated carbocycles. The van der Waals surface area contributed by atoms with Crippen molar-refractivity contribution in [2.45, 2.75) is 38.5 Å². The van der Waals surface area contributed by atoms with E-state index in [0.29, 0.717) is 18.4 Å². The molecule has 1 aliphatic carbocycles. The van der Waals surface area contributed by atoms with Gasteiger partial charge in [0.2, 0.25) is 5.91 Å². The van der Waals surface area contributed by atoms with Crippen LogP contribution in [0, 0.1) is 5.92 Å². The van der Waals surface area contributed by atoms with E-state index >= 15 is 0 Å². The Morgan fingerprint density at radius 2 is 1.75 bits per heavy atom. The Kier molecular flexibility index (Phi) is 4.75. The molecule has 3 fully saturated rings. The van der Waals surface area contributed by atoms with Gasteiger partial charge in [0, 0.05) is 57.6 Å². The summed E-state index contributed by atoms with van der Waals surface area (Å²) in [7, 11) is 0. The van der Waals surface area contributed by atoms with E-state index in [1.165, 1.54) is 24.2 Å². The number of hydrogen-bond donors (Lipinski definition) is 0. The molecular formula is C22H31N5O. The first-order chi connectivity index (χ1) is 13.7. The van der Waals surface area contributed by atoms with Crippen LogP contribution in [0.3, 0.4) is 0 Å². The van der Waals surface area contributed by atoms with Crippen LogP contribution >= 0.6 is 0 Å². The van der Waals surface area contributed by atoms with E-state index in [1.54, 1.807) is 0 Å². The number of carbonyl (C=O) groups is 1. The van der Waals surface area contributed by atoms with Crippen molar-refractivity contribution in [2.75, 3.05) is 50.7 Å². The van der Waals surface area contributed by atoms with Crippen LogP contribution < -0.4 is 4.90 Å². The summed E-state index contributed by atoms with van der Waals surface area (Å²) in [5.74, 6) is 1.76. The second-order valence-electron chi connectivity index (χ2n) is 8.92. The lowest BCUT2D eigenvalue weighted by atomic mass is 9.99. The van der Waals surface area contributed by atoms with Crippen LogP contribution in [0.15, 0.2) is 24.5 Å². The second-order valence-corrected chi connectivity index (χ2v) is 8.92. The molecule has 2 aromatic rings. The molecule has 5 rings (SSSR count). The van der Waals surface area contributed by atoms with Crippen molar-refractivity contribution in [3.8, 4) is 0 Å². The molecule has 4 heterocycles. The fourth-order valence-corrected chi connectivity index (χ4v) is 4.48. The van der Waals surface area contributed by atoms with Crippen molar-refractivity contribution in [2.24, 2.45) is 5.92 Å². The first kappa shape index (κ1) is 18.0. The number of amides is 1. The van der Waals surface area contributed by atoms with Gasteiger partial charge in [-0.1, -0.05) is 6.92 Å². The van der Waals surface area contributed by atoms with E-state index in [-0.39, 0.29) is 0 Å². The van der Waals surface area contributed by atoms with Gasteiger partial charge in [-0.25, -0.2) is 4.98 Å². The molecule has 2 aliphatic heterocycles. The van der Waals surface area contributed by atoms with Crippen molar-refractivity contribution in [3.63, 3.8) is 0 Å². The van der Waals surface area contributed by atoms with Gasteiger partial charge in [0.15, 0.2) is 0 Å². The molecule has 0 unspecified atom stereocenters. The fourth-order valence-electron chi connectivity index (χ4n) is 4.48. The minimum Gasteiger partial charge on any atom is -0.368 e. The number of nitrogens with zero attached hydrogens (tertiary/aromatic N) is 5. The topological polar surface area (TPSA) is 44.1 Å². The molecule has 0 bridgehead atoms.